The van der Waals surface area contributed by atoms with E-state index < -0.39 is 0 Å². The highest BCUT2D eigenvalue weighted by Gasteiger charge is 2.17. The van der Waals surface area contributed by atoms with Crippen molar-refractivity contribution in [3.05, 3.63) is 81.8 Å². The number of imidazole rings is 1. The fourth-order valence-corrected chi connectivity index (χ4v) is 3.49. The van der Waals surface area contributed by atoms with Gasteiger partial charge in [0.1, 0.15) is 0 Å². The van der Waals surface area contributed by atoms with E-state index in [1.54, 1.807) is 4.40 Å². The zero-order chi connectivity index (χ0) is 17.4. The lowest BCUT2D eigenvalue weighted by Gasteiger charge is -2.16. The van der Waals surface area contributed by atoms with E-state index in [4.69, 9.17) is 4.98 Å². The topological polar surface area (TPSA) is 39.3 Å². The summed E-state index contributed by atoms with van der Waals surface area (Å²) in [4.78, 5) is 17.9. The lowest BCUT2D eigenvalue weighted by Crippen LogP contribution is -2.25. The Morgan fingerprint density at radius 3 is 2.48 bits per heavy atom. The van der Waals surface area contributed by atoms with Crippen LogP contribution in [0.4, 0.5) is 0 Å². The average Bonchev–Trinajstić information content (AvgIpc) is 3.03. The van der Waals surface area contributed by atoms with Gasteiger partial charge in [0.15, 0.2) is 0 Å². The monoisotopic (exact) mass is 331 g/mol. The van der Waals surface area contributed by atoms with Crippen molar-refractivity contribution in [3.8, 4) is 0 Å². The third kappa shape index (κ3) is 2.54. The minimum atomic E-state index is 0.0624. The number of rotatable bonds is 4. The van der Waals surface area contributed by atoms with E-state index in [1.165, 1.54) is 5.56 Å². The van der Waals surface area contributed by atoms with Gasteiger partial charge in [-0.25, -0.2) is 9.38 Å². The zero-order valence-corrected chi connectivity index (χ0v) is 14.6. The Balaban J connectivity index is 2.07. The second-order valence-corrected chi connectivity index (χ2v) is 6.43. The largest absolute Gasteiger partial charge is 0.311 e. The Hall–Kier alpha value is -2.88. The molecule has 25 heavy (non-hydrogen) atoms. The van der Waals surface area contributed by atoms with Crippen LogP contribution in [-0.4, -0.2) is 14.0 Å². The van der Waals surface area contributed by atoms with Crippen molar-refractivity contribution in [2.75, 3.05) is 0 Å². The Labute approximate surface area is 146 Å². The molecule has 0 aliphatic rings. The van der Waals surface area contributed by atoms with Crippen LogP contribution >= 0.6 is 0 Å². The molecular formula is C21H21N3O. The Morgan fingerprint density at radius 2 is 1.72 bits per heavy atom. The van der Waals surface area contributed by atoms with E-state index >= 15 is 0 Å². The van der Waals surface area contributed by atoms with Gasteiger partial charge >= 0.3 is 0 Å². The van der Waals surface area contributed by atoms with Crippen LogP contribution in [0.3, 0.4) is 0 Å². The number of fused-ring (bicyclic) bond motifs is 3. The highest BCUT2D eigenvalue weighted by Crippen LogP contribution is 2.19. The summed E-state index contributed by atoms with van der Waals surface area (Å²) in [6.45, 7) is 4.85. The van der Waals surface area contributed by atoms with Crippen LogP contribution in [0.1, 0.15) is 30.2 Å². The lowest BCUT2D eigenvalue weighted by atomic mass is 10.1. The molecule has 0 saturated heterocycles. The zero-order valence-electron chi connectivity index (χ0n) is 14.6. The number of para-hydroxylation sites is 2. The van der Waals surface area contributed by atoms with Crippen molar-refractivity contribution >= 4 is 16.8 Å². The van der Waals surface area contributed by atoms with Gasteiger partial charge in [0, 0.05) is 11.3 Å². The Morgan fingerprint density at radius 1 is 1.00 bits per heavy atom. The standard InChI is InChI=1S/C21H21N3O/c1-3-9-17-15(2)23(14-16-10-5-4-6-11-16)21-22-18-12-7-8-13-19(18)24(21)20(17)25/h4-8,10-13H,3,9,14H2,1-2H3. The molecule has 4 nitrogen and oxygen atoms in total. The maximum atomic E-state index is 13.1. The van der Waals surface area contributed by atoms with Crippen LogP contribution in [0.25, 0.3) is 16.8 Å². The van der Waals surface area contributed by atoms with Gasteiger partial charge in [-0.3, -0.25) is 4.79 Å². The van der Waals surface area contributed by atoms with Crippen molar-refractivity contribution in [2.24, 2.45) is 0 Å². The summed E-state index contributed by atoms with van der Waals surface area (Å²) < 4.78 is 3.94. The molecule has 0 bridgehead atoms. The van der Waals surface area contributed by atoms with Crippen molar-refractivity contribution in [2.45, 2.75) is 33.2 Å². The minimum absolute atomic E-state index is 0.0624. The highest BCUT2D eigenvalue weighted by atomic mass is 16.1. The van der Waals surface area contributed by atoms with E-state index in [0.717, 1.165) is 35.1 Å². The summed E-state index contributed by atoms with van der Waals surface area (Å²) in [5.74, 6) is 0.715. The maximum absolute atomic E-state index is 13.1. The summed E-state index contributed by atoms with van der Waals surface area (Å²) in [6, 6.07) is 18.2. The number of hydrogen-bond donors (Lipinski definition) is 0. The quantitative estimate of drug-likeness (QED) is 0.568. The molecule has 126 valence electrons. The van der Waals surface area contributed by atoms with E-state index in [1.807, 2.05) is 49.4 Å². The molecular weight excluding hydrogens is 310 g/mol. The predicted octanol–water partition coefficient (Wildman–Crippen LogP) is 3.96. The normalized spacial score (nSPS) is 11.4. The third-order valence-electron chi connectivity index (χ3n) is 4.77. The first-order chi connectivity index (χ1) is 12.2. The van der Waals surface area contributed by atoms with Gasteiger partial charge in [-0.2, -0.15) is 0 Å². The summed E-state index contributed by atoms with van der Waals surface area (Å²) in [5.41, 5.74) is 4.89. The maximum Gasteiger partial charge on any atom is 0.262 e. The summed E-state index contributed by atoms with van der Waals surface area (Å²) in [6.07, 6.45) is 1.72. The Bertz CT molecular complexity index is 1110. The molecule has 4 rings (SSSR count). The number of nitrogens with zero attached hydrogens (tertiary/aromatic N) is 3. The molecule has 2 heterocycles. The van der Waals surface area contributed by atoms with Crippen LogP contribution in [-0.2, 0) is 13.0 Å². The van der Waals surface area contributed by atoms with Gasteiger partial charge in [0.25, 0.3) is 5.56 Å². The van der Waals surface area contributed by atoms with E-state index in [2.05, 4.69) is 23.6 Å². The van der Waals surface area contributed by atoms with Gasteiger partial charge in [0.2, 0.25) is 5.78 Å². The van der Waals surface area contributed by atoms with Gasteiger partial charge in [-0.1, -0.05) is 55.8 Å². The highest BCUT2D eigenvalue weighted by molar-refractivity contribution is 5.79. The number of aromatic nitrogens is 3. The molecule has 0 atom stereocenters. The van der Waals surface area contributed by atoms with E-state index in [0.29, 0.717) is 12.3 Å². The molecule has 2 aromatic heterocycles. The minimum Gasteiger partial charge on any atom is -0.311 e. The second kappa shape index (κ2) is 6.20. The molecule has 0 aliphatic carbocycles. The molecule has 0 saturated carbocycles. The molecule has 0 spiro atoms. The summed E-state index contributed by atoms with van der Waals surface area (Å²) in [7, 11) is 0. The SMILES string of the molecule is CCCc1c(C)n(Cc2ccccc2)c2nc3ccccc3n2c1=O. The molecule has 0 unspecified atom stereocenters. The fourth-order valence-electron chi connectivity index (χ4n) is 3.49. The van der Waals surface area contributed by atoms with Crippen LogP contribution in [0.15, 0.2) is 59.4 Å². The van der Waals surface area contributed by atoms with Crippen molar-refractivity contribution < 1.29 is 0 Å². The van der Waals surface area contributed by atoms with Gasteiger partial charge in [-0.15, -0.1) is 0 Å². The molecule has 0 fully saturated rings. The van der Waals surface area contributed by atoms with Gasteiger partial charge in [0.05, 0.1) is 17.6 Å². The average molecular weight is 331 g/mol. The van der Waals surface area contributed by atoms with Crippen molar-refractivity contribution in [1.29, 1.82) is 0 Å². The summed E-state index contributed by atoms with van der Waals surface area (Å²) in [5, 5.41) is 0. The smallest absolute Gasteiger partial charge is 0.262 e. The van der Waals surface area contributed by atoms with Crippen LogP contribution in [0, 0.1) is 6.92 Å². The molecule has 0 aliphatic heterocycles. The first kappa shape index (κ1) is 15.6. The van der Waals surface area contributed by atoms with Crippen LogP contribution in [0.5, 0.6) is 0 Å². The fraction of sp³-hybridized carbons (Fsp3) is 0.238. The third-order valence-corrected chi connectivity index (χ3v) is 4.77. The number of hydrogen-bond acceptors (Lipinski definition) is 2. The second-order valence-electron chi connectivity index (χ2n) is 6.43. The van der Waals surface area contributed by atoms with Crippen molar-refractivity contribution in [3.63, 3.8) is 0 Å². The first-order valence-electron chi connectivity index (χ1n) is 8.74. The van der Waals surface area contributed by atoms with E-state index in [9.17, 15) is 4.79 Å². The molecule has 0 N–H and O–H groups in total. The lowest BCUT2D eigenvalue weighted by molar-refractivity contribution is 0.724. The van der Waals surface area contributed by atoms with E-state index in [-0.39, 0.29) is 5.56 Å². The molecule has 0 amide bonds. The van der Waals surface area contributed by atoms with Gasteiger partial charge < -0.3 is 4.57 Å². The first-order valence-corrected chi connectivity index (χ1v) is 8.74. The number of benzene rings is 2. The molecule has 0 radical (unpaired) electrons. The molecule has 4 heteroatoms. The van der Waals surface area contributed by atoms with Crippen LogP contribution in [0.2, 0.25) is 0 Å². The van der Waals surface area contributed by atoms with Crippen molar-refractivity contribution in [1.82, 2.24) is 14.0 Å². The molecule has 4 aromatic rings. The van der Waals surface area contributed by atoms with Gasteiger partial charge in [-0.05, 0) is 31.0 Å². The summed E-state index contributed by atoms with van der Waals surface area (Å²) >= 11 is 0. The molecule has 2 aromatic carbocycles. The van der Waals surface area contributed by atoms with Crippen LogP contribution < -0.4 is 5.56 Å². The Kier molecular flexibility index (Phi) is 3.88. The predicted molar refractivity (Wildman–Crippen MR) is 101 cm³/mol.